The molecule has 4 heteroatoms. The number of anilines is 1. The summed E-state index contributed by atoms with van der Waals surface area (Å²) in [5, 5.41) is 18.5. The summed E-state index contributed by atoms with van der Waals surface area (Å²) in [7, 11) is 0. The second kappa shape index (κ2) is 10.5. The molecule has 0 atom stereocenters. The molecule has 2 N–H and O–H groups in total. The molecular weight excluding hydrogens is 381 g/mol. The maximum absolute atomic E-state index is 9.15. The molecule has 1 aromatic rings. The number of hydrogen-bond donors (Lipinski definition) is 2. The van der Waals surface area contributed by atoms with E-state index in [-0.39, 0.29) is 5.23 Å². The van der Waals surface area contributed by atoms with E-state index in [0.717, 1.165) is 0 Å². The van der Waals surface area contributed by atoms with Crippen molar-refractivity contribution < 1.29 is 10.4 Å². The Morgan fingerprint density at radius 3 is 1.50 bits per heavy atom. The molecule has 22 heavy (non-hydrogen) atoms. The summed E-state index contributed by atoms with van der Waals surface area (Å²) < 4.78 is 5.88. The Hall–Kier alpha value is -0.261. The summed E-state index contributed by atoms with van der Waals surface area (Å²) in [6, 6.07) is 8.05. The van der Waals surface area contributed by atoms with Gasteiger partial charge in [-0.3, -0.25) is 0 Å². The van der Waals surface area contributed by atoms with Gasteiger partial charge in [0, 0.05) is 0 Å². The van der Waals surface area contributed by atoms with Crippen molar-refractivity contribution in [1.29, 1.82) is 0 Å². The van der Waals surface area contributed by atoms with Gasteiger partial charge in [-0.1, -0.05) is 0 Å². The molecule has 0 amide bonds. The van der Waals surface area contributed by atoms with E-state index in [1.165, 1.54) is 51.8 Å². The minimum absolute atomic E-state index is 0.213. The molecular formula is C18H33NO2Sn. The van der Waals surface area contributed by atoms with Gasteiger partial charge in [-0.2, -0.15) is 0 Å². The molecule has 0 saturated heterocycles. The first-order valence-corrected chi connectivity index (χ1v) is 16.4. The van der Waals surface area contributed by atoms with Crippen molar-refractivity contribution in [2.24, 2.45) is 0 Å². The van der Waals surface area contributed by atoms with E-state index in [4.69, 9.17) is 10.4 Å². The van der Waals surface area contributed by atoms with Crippen molar-refractivity contribution >= 4 is 27.6 Å². The van der Waals surface area contributed by atoms with Crippen molar-refractivity contribution in [2.75, 3.05) is 5.23 Å². The Morgan fingerprint density at radius 2 is 1.18 bits per heavy atom. The zero-order valence-corrected chi connectivity index (χ0v) is 17.4. The van der Waals surface area contributed by atoms with Gasteiger partial charge in [0.15, 0.2) is 0 Å². The summed E-state index contributed by atoms with van der Waals surface area (Å²) >= 11 is -2.35. The zero-order valence-electron chi connectivity index (χ0n) is 14.5. The van der Waals surface area contributed by atoms with Crippen molar-refractivity contribution in [3.63, 3.8) is 0 Å². The summed E-state index contributed by atoms with van der Waals surface area (Å²) in [4.78, 5) is 0. The molecule has 0 aliphatic carbocycles. The van der Waals surface area contributed by atoms with Gasteiger partial charge in [-0.15, -0.1) is 0 Å². The Labute approximate surface area is 140 Å². The van der Waals surface area contributed by atoms with Gasteiger partial charge in [-0.25, -0.2) is 0 Å². The van der Waals surface area contributed by atoms with Crippen LogP contribution in [0.4, 0.5) is 5.69 Å². The average molecular weight is 414 g/mol. The molecule has 0 aliphatic rings. The van der Waals surface area contributed by atoms with Crippen LogP contribution < -0.4 is 8.81 Å². The topological polar surface area (TPSA) is 43.7 Å². The van der Waals surface area contributed by atoms with Crippen LogP contribution in [0.1, 0.15) is 59.3 Å². The van der Waals surface area contributed by atoms with E-state index in [1.807, 2.05) is 12.1 Å². The summed E-state index contributed by atoms with van der Waals surface area (Å²) in [6.07, 6.45) is 7.86. The van der Waals surface area contributed by atoms with Crippen LogP contribution in [0.5, 0.6) is 0 Å². The van der Waals surface area contributed by atoms with Crippen LogP contribution in [0.3, 0.4) is 0 Å². The van der Waals surface area contributed by atoms with E-state index in [1.54, 1.807) is 3.58 Å². The van der Waals surface area contributed by atoms with Gasteiger partial charge in [0.2, 0.25) is 0 Å². The van der Waals surface area contributed by atoms with Crippen LogP contribution in [0.2, 0.25) is 13.3 Å². The Morgan fingerprint density at radius 1 is 0.773 bits per heavy atom. The first-order valence-electron chi connectivity index (χ1n) is 8.88. The molecule has 0 bridgehead atoms. The Balaban J connectivity index is 3.07. The normalized spacial score (nSPS) is 11.7. The molecule has 0 unspecified atom stereocenters. The predicted molar refractivity (Wildman–Crippen MR) is 97.0 cm³/mol. The van der Waals surface area contributed by atoms with E-state index >= 15 is 0 Å². The fraction of sp³-hybridized carbons (Fsp3) is 0.667. The van der Waals surface area contributed by atoms with Gasteiger partial charge in [-0.05, 0) is 0 Å². The van der Waals surface area contributed by atoms with Crippen LogP contribution in [0.25, 0.3) is 0 Å². The van der Waals surface area contributed by atoms with Gasteiger partial charge in [0.1, 0.15) is 0 Å². The summed E-state index contributed by atoms with van der Waals surface area (Å²) in [6.45, 7) is 6.86. The fourth-order valence-corrected chi connectivity index (χ4v) is 19.2. The van der Waals surface area contributed by atoms with E-state index < -0.39 is 18.4 Å². The number of benzene rings is 1. The van der Waals surface area contributed by atoms with E-state index in [2.05, 4.69) is 32.9 Å². The van der Waals surface area contributed by atoms with E-state index in [9.17, 15) is 0 Å². The molecule has 0 spiro atoms. The third kappa shape index (κ3) is 5.74. The summed E-state index contributed by atoms with van der Waals surface area (Å²) in [5.74, 6) is 0. The summed E-state index contributed by atoms with van der Waals surface area (Å²) in [5.41, 5.74) is 0.449. The molecule has 0 fully saturated rings. The zero-order chi connectivity index (χ0) is 16.4. The fourth-order valence-electron chi connectivity index (χ4n) is 3.30. The van der Waals surface area contributed by atoms with Crippen LogP contribution in [-0.4, -0.2) is 28.8 Å². The molecule has 3 nitrogen and oxygen atoms in total. The second-order valence-electron chi connectivity index (χ2n) is 6.43. The molecule has 0 saturated carbocycles. The number of unbranched alkanes of at least 4 members (excludes halogenated alkanes) is 3. The molecule has 1 aromatic carbocycles. The molecule has 0 aliphatic heterocycles. The Bertz CT molecular complexity index is 384. The van der Waals surface area contributed by atoms with Crippen molar-refractivity contribution in [1.82, 2.24) is 0 Å². The quantitative estimate of drug-likeness (QED) is 0.380. The molecule has 0 aromatic heterocycles. The number of nitrogens with zero attached hydrogens (tertiary/aromatic N) is 1. The van der Waals surface area contributed by atoms with Crippen LogP contribution >= 0.6 is 0 Å². The molecule has 1 rings (SSSR count). The SMILES string of the molecule is CCC[CH2][Sn]([CH2]CCC)([CH2]CCC)[c]1ccc(N(O)O)cc1. The third-order valence-corrected chi connectivity index (χ3v) is 20.4. The second-order valence-corrected chi connectivity index (χ2v) is 19.7. The van der Waals surface area contributed by atoms with Crippen molar-refractivity contribution in [3.05, 3.63) is 24.3 Å². The van der Waals surface area contributed by atoms with Crippen LogP contribution in [0.15, 0.2) is 24.3 Å². The van der Waals surface area contributed by atoms with Crippen molar-refractivity contribution in [2.45, 2.75) is 72.6 Å². The van der Waals surface area contributed by atoms with Gasteiger partial charge in [0.25, 0.3) is 0 Å². The van der Waals surface area contributed by atoms with Gasteiger partial charge < -0.3 is 0 Å². The van der Waals surface area contributed by atoms with Gasteiger partial charge in [0.05, 0.1) is 0 Å². The standard InChI is InChI=1S/C6H6NO2.3C4H9.Sn/c8-7(9)6-4-2-1-3-5-6;3*1-3-4-2;/h2-5,8-9H;3*1,3-4H2,2H3;. The van der Waals surface area contributed by atoms with Gasteiger partial charge >= 0.3 is 140 Å². The van der Waals surface area contributed by atoms with Crippen molar-refractivity contribution in [3.8, 4) is 0 Å². The minimum atomic E-state index is -2.35. The van der Waals surface area contributed by atoms with Crippen LogP contribution in [0, 0.1) is 0 Å². The van der Waals surface area contributed by atoms with Crippen LogP contribution in [-0.2, 0) is 0 Å². The first-order chi connectivity index (χ1) is 10.6. The number of rotatable bonds is 11. The predicted octanol–water partition coefficient (Wildman–Crippen LogP) is 5.33. The third-order valence-electron chi connectivity index (χ3n) is 4.74. The average Bonchev–Trinajstić information content (AvgIpc) is 2.54. The number of hydrogen-bond acceptors (Lipinski definition) is 3. The molecule has 0 radical (unpaired) electrons. The molecule has 126 valence electrons. The monoisotopic (exact) mass is 415 g/mol. The first kappa shape index (κ1) is 19.8. The molecule has 0 heterocycles. The maximum atomic E-state index is 9.15. The Kier molecular flexibility index (Phi) is 9.44. The van der Waals surface area contributed by atoms with E-state index in [0.29, 0.717) is 5.69 Å².